The van der Waals surface area contributed by atoms with Crippen molar-refractivity contribution in [2.24, 2.45) is 11.7 Å². The fourth-order valence-electron chi connectivity index (χ4n) is 3.05. The molecule has 2 atom stereocenters. The molecule has 0 aromatic heterocycles. The van der Waals surface area contributed by atoms with Gasteiger partial charge in [-0.15, -0.1) is 0 Å². The van der Waals surface area contributed by atoms with Gasteiger partial charge in [-0.05, 0) is 35.4 Å². The average Bonchev–Trinajstić information content (AvgIpc) is 2.95. The summed E-state index contributed by atoms with van der Waals surface area (Å²) in [7, 11) is 0. The highest BCUT2D eigenvalue weighted by atomic mass is 35.5. The first-order valence-electron chi connectivity index (χ1n) is 7.66. The highest BCUT2D eigenvalue weighted by molar-refractivity contribution is 6.31. The molecule has 25 heavy (non-hydrogen) atoms. The molecule has 0 bridgehead atoms. The number of primary amides is 1. The molecule has 1 aliphatic heterocycles. The van der Waals surface area contributed by atoms with E-state index in [1.165, 1.54) is 12.1 Å². The van der Waals surface area contributed by atoms with Gasteiger partial charge in [0.1, 0.15) is 5.82 Å². The Balaban J connectivity index is 2.06. The Morgan fingerprint density at radius 1 is 1.16 bits per heavy atom. The quantitative estimate of drug-likeness (QED) is 0.881. The van der Waals surface area contributed by atoms with Crippen molar-refractivity contribution in [3.8, 4) is 0 Å². The summed E-state index contributed by atoms with van der Waals surface area (Å²) in [6.45, 7) is 0.205. The summed E-state index contributed by atoms with van der Waals surface area (Å²) in [5, 5.41) is 0.525. The van der Waals surface area contributed by atoms with Crippen molar-refractivity contribution in [1.29, 1.82) is 0 Å². The lowest BCUT2D eigenvalue weighted by Crippen LogP contribution is -2.32. The number of carbonyl (C=O) groups excluding carboxylic acids is 2. The summed E-state index contributed by atoms with van der Waals surface area (Å²) in [5.74, 6) is -1.78. The van der Waals surface area contributed by atoms with E-state index in [2.05, 4.69) is 0 Å². The summed E-state index contributed by atoms with van der Waals surface area (Å²) < 4.78 is 13.5. The first kappa shape index (κ1) is 17.7. The smallest absolute Gasteiger partial charge is 0.224 e. The van der Waals surface area contributed by atoms with Crippen LogP contribution in [0.2, 0.25) is 10.0 Å². The van der Waals surface area contributed by atoms with Gasteiger partial charge in [-0.25, -0.2) is 4.39 Å². The van der Waals surface area contributed by atoms with E-state index >= 15 is 0 Å². The third kappa shape index (κ3) is 3.62. The van der Waals surface area contributed by atoms with Crippen LogP contribution in [-0.4, -0.2) is 23.3 Å². The van der Waals surface area contributed by atoms with Crippen LogP contribution in [0.25, 0.3) is 0 Å². The third-order valence-corrected chi connectivity index (χ3v) is 4.86. The van der Waals surface area contributed by atoms with Gasteiger partial charge in [0.15, 0.2) is 0 Å². The summed E-state index contributed by atoms with van der Waals surface area (Å²) in [4.78, 5) is 25.5. The van der Waals surface area contributed by atoms with E-state index < -0.39 is 23.7 Å². The Morgan fingerprint density at radius 2 is 1.80 bits per heavy atom. The second-order valence-corrected chi connectivity index (χ2v) is 6.82. The van der Waals surface area contributed by atoms with E-state index in [1.807, 2.05) is 0 Å². The molecule has 3 rings (SSSR count). The minimum absolute atomic E-state index is 0.0328. The SMILES string of the molecule is NC(=O)C1CC(=O)N([C@H](c2ccc(Cl)cc2)c2ccc(F)c(Cl)c2)C1. The van der Waals surface area contributed by atoms with Gasteiger partial charge in [-0.2, -0.15) is 0 Å². The maximum Gasteiger partial charge on any atom is 0.224 e. The van der Waals surface area contributed by atoms with Gasteiger partial charge in [0.25, 0.3) is 0 Å². The molecular formula is C18H15Cl2FN2O2. The highest BCUT2D eigenvalue weighted by Crippen LogP contribution is 2.35. The van der Waals surface area contributed by atoms with Crippen molar-refractivity contribution in [3.63, 3.8) is 0 Å². The van der Waals surface area contributed by atoms with Gasteiger partial charge in [0, 0.05) is 18.0 Å². The number of amides is 2. The maximum atomic E-state index is 13.5. The molecule has 1 fully saturated rings. The van der Waals surface area contributed by atoms with Crippen molar-refractivity contribution in [3.05, 3.63) is 69.5 Å². The van der Waals surface area contributed by atoms with Crippen molar-refractivity contribution in [1.82, 2.24) is 4.90 Å². The Morgan fingerprint density at radius 3 is 2.36 bits per heavy atom. The molecule has 1 heterocycles. The zero-order chi connectivity index (χ0) is 18.1. The molecule has 1 saturated heterocycles. The van der Waals surface area contributed by atoms with Crippen molar-refractivity contribution >= 4 is 35.0 Å². The summed E-state index contributed by atoms with van der Waals surface area (Å²) >= 11 is 11.9. The number of nitrogens with two attached hydrogens (primary N) is 1. The second-order valence-electron chi connectivity index (χ2n) is 5.98. The molecule has 0 spiro atoms. The molecule has 1 unspecified atom stereocenters. The topological polar surface area (TPSA) is 63.4 Å². The number of benzene rings is 2. The Bertz CT molecular complexity index is 826. The minimum Gasteiger partial charge on any atom is -0.369 e. The molecule has 0 radical (unpaired) electrons. The fraction of sp³-hybridized carbons (Fsp3) is 0.222. The predicted octanol–water partition coefficient (Wildman–Crippen LogP) is 3.56. The average molecular weight is 381 g/mol. The molecule has 130 valence electrons. The van der Waals surface area contributed by atoms with E-state index in [9.17, 15) is 14.0 Å². The third-order valence-electron chi connectivity index (χ3n) is 4.32. The Labute approximate surface area is 154 Å². The normalized spacial score (nSPS) is 18.4. The largest absolute Gasteiger partial charge is 0.369 e. The van der Waals surface area contributed by atoms with Gasteiger partial charge in [-0.3, -0.25) is 9.59 Å². The lowest BCUT2D eigenvalue weighted by molar-refractivity contribution is -0.129. The number of rotatable bonds is 4. The molecule has 7 heteroatoms. The van der Waals surface area contributed by atoms with E-state index in [0.717, 1.165) is 5.56 Å². The van der Waals surface area contributed by atoms with Crippen LogP contribution in [0.5, 0.6) is 0 Å². The number of hydrogen-bond acceptors (Lipinski definition) is 2. The lowest BCUT2D eigenvalue weighted by Gasteiger charge is -2.29. The molecule has 2 N–H and O–H groups in total. The molecule has 4 nitrogen and oxygen atoms in total. The van der Waals surface area contributed by atoms with Crippen LogP contribution >= 0.6 is 23.2 Å². The van der Waals surface area contributed by atoms with Crippen molar-refractivity contribution < 1.29 is 14.0 Å². The Kier molecular flexibility index (Phi) is 4.97. The van der Waals surface area contributed by atoms with E-state index in [1.54, 1.807) is 35.2 Å². The fourth-order valence-corrected chi connectivity index (χ4v) is 3.37. The molecule has 2 aromatic rings. The standard InChI is InChI=1S/C18H15Cl2FN2O2/c19-13-4-1-10(2-5-13)17(11-3-6-15(21)14(20)7-11)23-9-12(18(22)25)8-16(23)24/h1-7,12,17H,8-9H2,(H2,22,25)/t12?,17-/m1/s1. The monoisotopic (exact) mass is 380 g/mol. The van der Waals surface area contributed by atoms with E-state index in [4.69, 9.17) is 28.9 Å². The second kappa shape index (κ2) is 7.02. The zero-order valence-corrected chi connectivity index (χ0v) is 14.6. The van der Waals surface area contributed by atoms with Crippen LogP contribution in [0.4, 0.5) is 4.39 Å². The molecule has 2 aromatic carbocycles. The molecule has 0 aliphatic carbocycles. The predicted molar refractivity (Wildman–Crippen MR) is 93.7 cm³/mol. The first-order chi connectivity index (χ1) is 11.9. The van der Waals surface area contributed by atoms with Gasteiger partial charge in [0.2, 0.25) is 11.8 Å². The van der Waals surface area contributed by atoms with Crippen LogP contribution in [0.15, 0.2) is 42.5 Å². The van der Waals surface area contributed by atoms with Gasteiger partial charge in [-0.1, -0.05) is 41.4 Å². The molecular weight excluding hydrogens is 366 g/mol. The number of hydrogen-bond donors (Lipinski definition) is 1. The van der Waals surface area contributed by atoms with Crippen LogP contribution in [0.3, 0.4) is 0 Å². The number of nitrogens with zero attached hydrogens (tertiary/aromatic N) is 1. The summed E-state index contributed by atoms with van der Waals surface area (Å²) in [6, 6.07) is 10.8. The molecule has 1 aliphatic rings. The number of carbonyl (C=O) groups is 2. The summed E-state index contributed by atoms with van der Waals surface area (Å²) in [5.41, 5.74) is 6.79. The van der Waals surface area contributed by atoms with Gasteiger partial charge >= 0.3 is 0 Å². The maximum absolute atomic E-state index is 13.5. The van der Waals surface area contributed by atoms with Crippen molar-refractivity contribution in [2.45, 2.75) is 12.5 Å². The van der Waals surface area contributed by atoms with Crippen LogP contribution < -0.4 is 5.73 Å². The van der Waals surface area contributed by atoms with Crippen LogP contribution in [-0.2, 0) is 9.59 Å². The van der Waals surface area contributed by atoms with E-state index in [0.29, 0.717) is 10.6 Å². The highest BCUT2D eigenvalue weighted by Gasteiger charge is 2.38. The zero-order valence-electron chi connectivity index (χ0n) is 13.1. The molecule has 2 amide bonds. The first-order valence-corrected chi connectivity index (χ1v) is 8.41. The van der Waals surface area contributed by atoms with Gasteiger partial charge < -0.3 is 10.6 Å². The summed E-state index contributed by atoms with van der Waals surface area (Å²) in [6.07, 6.45) is 0.0638. The lowest BCUT2D eigenvalue weighted by atomic mass is 9.97. The van der Waals surface area contributed by atoms with Crippen LogP contribution in [0.1, 0.15) is 23.6 Å². The number of halogens is 3. The molecule has 0 saturated carbocycles. The van der Waals surface area contributed by atoms with Gasteiger partial charge in [0.05, 0.1) is 17.0 Å². The van der Waals surface area contributed by atoms with E-state index in [-0.39, 0.29) is 23.9 Å². The minimum atomic E-state index is -0.543. The van der Waals surface area contributed by atoms with Crippen molar-refractivity contribution in [2.75, 3.05) is 6.54 Å². The number of likely N-dealkylation sites (tertiary alicyclic amines) is 1. The Hall–Kier alpha value is -2.11. The van der Waals surface area contributed by atoms with Crippen LogP contribution in [0, 0.1) is 11.7 Å².